The number of piperidine rings is 1. The zero-order chi connectivity index (χ0) is 15.0. The van der Waals surface area contributed by atoms with Gasteiger partial charge in [-0.1, -0.05) is 12.1 Å². The molecule has 7 heteroatoms. The number of nitrogens with one attached hydrogen (secondary N) is 1. The molecule has 112 valence electrons. The minimum Gasteiger partial charge on any atom is -0.309 e. The van der Waals surface area contributed by atoms with E-state index < -0.39 is 29.9 Å². The van der Waals surface area contributed by atoms with E-state index in [0.29, 0.717) is 5.56 Å². The predicted octanol–water partition coefficient (Wildman–Crippen LogP) is 4.31. The fourth-order valence-corrected chi connectivity index (χ4v) is 2.35. The van der Waals surface area contributed by atoms with Crippen LogP contribution in [0.4, 0.5) is 26.3 Å². The topological polar surface area (TPSA) is 12.0 Å². The van der Waals surface area contributed by atoms with Crippen molar-refractivity contribution >= 4 is 0 Å². The average Bonchev–Trinajstić information content (AvgIpc) is 2.37. The van der Waals surface area contributed by atoms with Crippen LogP contribution >= 0.6 is 0 Å². The zero-order valence-electron chi connectivity index (χ0n) is 10.4. The van der Waals surface area contributed by atoms with Gasteiger partial charge in [-0.15, -0.1) is 0 Å². The number of halogens is 6. The molecule has 1 saturated heterocycles. The lowest BCUT2D eigenvalue weighted by Gasteiger charge is -2.31. The van der Waals surface area contributed by atoms with E-state index in [0.717, 1.165) is 12.1 Å². The maximum atomic E-state index is 12.6. The van der Waals surface area contributed by atoms with Gasteiger partial charge in [0.15, 0.2) is 0 Å². The van der Waals surface area contributed by atoms with E-state index in [4.69, 9.17) is 0 Å². The molecule has 1 nitrogen and oxygen atoms in total. The van der Waals surface area contributed by atoms with Gasteiger partial charge in [-0.05, 0) is 30.5 Å². The smallest absolute Gasteiger partial charge is 0.309 e. The first-order valence-corrected chi connectivity index (χ1v) is 6.15. The van der Waals surface area contributed by atoms with Crippen molar-refractivity contribution in [1.29, 1.82) is 0 Å². The van der Waals surface area contributed by atoms with E-state index in [1.807, 2.05) is 0 Å². The van der Waals surface area contributed by atoms with Crippen LogP contribution in [-0.2, 0) is 6.18 Å². The number of hydrogen-bond donors (Lipinski definition) is 1. The molecule has 2 rings (SSSR count). The molecule has 1 aliphatic heterocycles. The molecular formula is C13H13F6N. The van der Waals surface area contributed by atoms with Crippen molar-refractivity contribution in [2.24, 2.45) is 5.92 Å². The second kappa shape index (κ2) is 5.27. The van der Waals surface area contributed by atoms with Crippen LogP contribution in [0.3, 0.4) is 0 Å². The molecule has 1 fully saturated rings. The number of rotatable bonds is 1. The van der Waals surface area contributed by atoms with E-state index >= 15 is 0 Å². The second-order valence-corrected chi connectivity index (χ2v) is 4.90. The third-order valence-corrected chi connectivity index (χ3v) is 3.49. The lowest BCUT2D eigenvalue weighted by molar-refractivity contribution is -0.179. The molecule has 1 heterocycles. The highest BCUT2D eigenvalue weighted by Gasteiger charge is 2.41. The van der Waals surface area contributed by atoms with E-state index in [2.05, 4.69) is 5.32 Å². The van der Waals surface area contributed by atoms with Crippen molar-refractivity contribution in [3.63, 3.8) is 0 Å². The van der Waals surface area contributed by atoms with Crippen LogP contribution in [0, 0.1) is 5.92 Å². The van der Waals surface area contributed by atoms with Crippen LogP contribution in [0.5, 0.6) is 0 Å². The average molecular weight is 297 g/mol. The normalized spacial score (nSPS) is 24.7. The zero-order valence-corrected chi connectivity index (χ0v) is 10.4. The van der Waals surface area contributed by atoms with Crippen molar-refractivity contribution in [2.45, 2.75) is 31.2 Å². The van der Waals surface area contributed by atoms with Gasteiger partial charge in [0.2, 0.25) is 0 Å². The first kappa shape index (κ1) is 15.2. The Kier molecular flexibility index (Phi) is 4.00. The van der Waals surface area contributed by atoms with Gasteiger partial charge in [-0.2, -0.15) is 26.3 Å². The van der Waals surface area contributed by atoms with Gasteiger partial charge in [0.1, 0.15) is 0 Å². The number of benzene rings is 1. The molecule has 1 aromatic carbocycles. The highest BCUT2D eigenvalue weighted by molar-refractivity contribution is 5.28. The minimum atomic E-state index is -4.45. The molecule has 0 saturated carbocycles. The largest absolute Gasteiger partial charge is 0.416 e. The summed E-state index contributed by atoms with van der Waals surface area (Å²) in [6.07, 6.45) is -8.60. The highest BCUT2D eigenvalue weighted by atomic mass is 19.4. The fourth-order valence-electron chi connectivity index (χ4n) is 2.35. The van der Waals surface area contributed by atoms with E-state index in [-0.39, 0.29) is 19.4 Å². The Morgan fingerprint density at radius 3 is 2.20 bits per heavy atom. The first-order chi connectivity index (χ1) is 9.18. The minimum absolute atomic E-state index is 0.0720. The monoisotopic (exact) mass is 297 g/mol. The molecule has 1 aromatic rings. The predicted molar refractivity (Wildman–Crippen MR) is 61.0 cm³/mol. The molecule has 1 N–H and O–H groups in total. The lowest BCUT2D eigenvalue weighted by atomic mass is 9.90. The van der Waals surface area contributed by atoms with Crippen LogP contribution in [0.15, 0.2) is 24.3 Å². The quantitative estimate of drug-likeness (QED) is 0.762. The van der Waals surface area contributed by atoms with E-state index in [1.165, 1.54) is 12.1 Å². The van der Waals surface area contributed by atoms with Gasteiger partial charge in [-0.25, -0.2) is 0 Å². The van der Waals surface area contributed by atoms with Crippen LogP contribution in [0.1, 0.15) is 30.0 Å². The molecule has 20 heavy (non-hydrogen) atoms. The Balaban J connectivity index is 2.08. The van der Waals surface area contributed by atoms with Gasteiger partial charge in [-0.3, -0.25) is 0 Å². The summed E-state index contributed by atoms with van der Waals surface area (Å²) >= 11 is 0. The van der Waals surface area contributed by atoms with Crippen molar-refractivity contribution in [1.82, 2.24) is 5.32 Å². The van der Waals surface area contributed by atoms with Crippen LogP contribution in [0.25, 0.3) is 0 Å². The van der Waals surface area contributed by atoms with Gasteiger partial charge in [0.25, 0.3) is 0 Å². The Labute approximate surface area is 112 Å². The summed E-state index contributed by atoms with van der Waals surface area (Å²) in [5.41, 5.74) is -0.407. The van der Waals surface area contributed by atoms with E-state index in [9.17, 15) is 26.3 Å². The second-order valence-electron chi connectivity index (χ2n) is 4.90. The summed E-state index contributed by atoms with van der Waals surface area (Å²) in [5, 5.41) is 2.68. The number of alkyl halides is 6. The van der Waals surface area contributed by atoms with Crippen molar-refractivity contribution in [2.75, 3.05) is 6.54 Å². The SMILES string of the molecule is FC(F)(F)c1cccc(C2CCC(C(F)(F)F)CN2)c1. The third-order valence-electron chi connectivity index (χ3n) is 3.49. The molecular weight excluding hydrogens is 284 g/mol. The van der Waals surface area contributed by atoms with Gasteiger partial charge in [0, 0.05) is 12.6 Å². The summed E-state index contributed by atoms with van der Waals surface area (Å²) in [5.74, 6) is -1.43. The molecule has 2 atom stereocenters. The van der Waals surface area contributed by atoms with Gasteiger partial charge < -0.3 is 5.32 Å². The summed E-state index contributed by atoms with van der Waals surface area (Å²) in [6.45, 7) is -0.260. The van der Waals surface area contributed by atoms with Crippen molar-refractivity contribution < 1.29 is 26.3 Å². The Hall–Kier alpha value is -1.24. The van der Waals surface area contributed by atoms with Crippen molar-refractivity contribution in [3.8, 4) is 0 Å². The fraction of sp³-hybridized carbons (Fsp3) is 0.538. The Morgan fingerprint density at radius 1 is 1.00 bits per heavy atom. The van der Waals surface area contributed by atoms with Crippen LogP contribution < -0.4 is 5.32 Å². The molecule has 0 amide bonds. The molecule has 0 bridgehead atoms. The van der Waals surface area contributed by atoms with Crippen LogP contribution in [0.2, 0.25) is 0 Å². The molecule has 0 aliphatic carbocycles. The maximum absolute atomic E-state index is 12.6. The molecule has 2 unspecified atom stereocenters. The highest BCUT2D eigenvalue weighted by Crippen LogP contribution is 2.37. The molecule has 0 radical (unpaired) electrons. The standard InChI is InChI=1S/C13H13F6N/c14-12(15,16)9-3-1-2-8(6-9)11-5-4-10(7-20-11)13(17,18)19/h1-3,6,10-11,20H,4-5,7H2. The van der Waals surface area contributed by atoms with Gasteiger partial charge in [0.05, 0.1) is 11.5 Å². The van der Waals surface area contributed by atoms with Crippen molar-refractivity contribution in [3.05, 3.63) is 35.4 Å². The molecule has 0 spiro atoms. The third kappa shape index (κ3) is 3.45. The Morgan fingerprint density at radius 2 is 1.70 bits per heavy atom. The summed E-state index contributed by atoms with van der Waals surface area (Å²) in [6, 6.07) is 4.25. The molecule has 0 aromatic heterocycles. The van der Waals surface area contributed by atoms with Crippen LogP contribution in [-0.4, -0.2) is 12.7 Å². The summed E-state index contributed by atoms with van der Waals surface area (Å²) in [7, 11) is 0. The summed E-state index contributed by atoms with van der Waals surface area (Å²) < 4.78 is 75.3. The van der Waals surface area contributed by atoms with Gasteiger partial charge >= 0.3 is 12.4 Å². The number of hydrogen-bond acceptors (Lipinski definition) is 1. The Bertz CT molecular complexity index is 457. The maximum Gasteiger partial charge on any atom is 0.416 e. The lowest BCUT2D eigenvalue weighted by Crippen LogP contribution is -2.40. The van der Waals surface area contributed by atoms with E-state index in [1.54, 1.807) is 0 Å². The summed E-state index contributed by atoms with van der Waals surface area (Å²) in [4.78, 5) is 0. The molecule has 1 aliphatic rings. The first-order valence-electron chi connectivity index (χ1n) is 6.15.